The molecule has 2 aromatic carbocycles. The standard InChI is InChI=1S/C27H35N3O6S/c1-5-36-27(33)22-8-6-7-9-23(22)28-26(32)24(18(2)3)29-25(31)20-14-16-30(17-15-20)37(34,35)21-12-10-19(4)11-13-21/h6-13,18,20,24H,5,14-17H2,1-4H3,(H,28,32)(H,29,31). The zero-order chi connectivity index (χ0) is 27.2. The van der Waals surface area contributed by atoms with Crippen molar-refractivity contribution in [2.75, 3.05) is 25.0 Å². The monoisotopic (exact) mass is 529 g/mol. The zero-order valence-corrected chi connectivity index (χ0v) is 22.5. The van der Waals surface area contributed by atoms with Crippen molar-refractivity contribution in [3.63, 3.8) is 0 Å². The number of rotatable bonds is 9. The molecule has 3 rings (SSSR count). The van der Waals surface area contributed by atoms with Crippen LogP contribution in [0.2, 0.25) is 0 Å². The molecular weight excluding hydrogens is 494 g/mol. The maximum absolute atomic E-state index is 13.1. The quantitative estimate of drug-likeness (QED) is 0.481. The minimum atomic E-state index is -3.63. The molecule has 1 aliphatic heterocycles. The van der Waals surface area contributed by atoms with Gasteiger partial charge in [-0.2, -0.15) is 4.31 Å². The molecule has 1 atom stereocenters. The molecule has 1 unspecified atom stereocenters. The van der Waals surface area contributed by atoms with Crippen molar-refractivity contribution in [3.8, 4) is 0 Å². The maximum atomic E-state index is 13.1. The van der Waals surface area contributed by atoms with Crippen LogP contribution in [0.5, 0.6) is 0 Å². The van der Waals surface area contributed by atoms with E-state index in [-0.39, 0.29) is 42.0 Å². The molecule has 2 aromatic rings. The van der Waals surface area contributed by atoms with Crippen LogP contribution in [0.25, 0.3) is 0 Å². The Hall–Kier alpha value is -3.24. The van der Waals surface area contributed by atoms with Gasteiger partial charge in [0.25, 0.3) is 0 Å². The molecule has 2 N–H and O–H groups in total. The third-order valence-electron chi connectivity index (χ3n) is 6.41. The van der Waals surface area contributed by atoms with Gasteiger partial charge in [-0.1, -0.05) is 43.7 Å². The highest BCUT2D eigenvalue weighted by Crippen LogP contribution is 2.25. The van der Waals surface area contributed by atoms with Gasteiger partial charge in [-0.25, -0.2) is 13.2 Å². The molecule has 1 aliphatic rings. The van der Waals surface area contributed by atoms with Crippen LogP contribution in [0.3, 0.4) is 0 Å². The average molecular weight is 530 g/mol. The van der Waals surface area contributed by atoms with E-state index in [1.807, 2.05) is 20.8 Å². The van der Waals surface area contributed by atoms with Gasteiger partial charge < -0.3 is 15.4 Å². The molecule has 0 aliphatic carbocycles. The van der Waals surface area contributed by atoms with Crippen LogP contribution in [-0.4, -0.2) is 56.2 Å². The Morgan fingerprint density at radius 1 is 1.03 bits per heavy atom. The second kappa shape index (κ2) is 12.3. The number of carbonyl (C=O) groups is 3. The van der Waals surface area contributed by atoms with E-state index in [1.165, 1.54) is 4.31 Å². The summed E-state index contributed by atoms with van der Waals surface area (Å²) in [6, 6.07) is 12.4. The molecule has 1 fully saturated rings. The summed E-state index contributed by atoms with van der Waals surface area (Å²) < 4.78 is 32.4. The fourth-order valence-corrected chi connectivity index (χ4v) is 5.68. The lowest BCUT2D eigenvalue weighted by atomic mass is 9.95. The van der Waals surface area contributed by atoms with Crippen molar-refractivity contribution in [1.29, 1.82) is 0 Å². The first-order valence-electron chi connectivity index (χ1n) is 12.5. The van der Waals surface area contributed by atoms with E-state index >= 15 is 0 Å². The van der Waals surface area contributed by atoms with E-state index in [0.717, 1.165) is 5.56 Å². The number of hydrogen-bond acceptors (Lipinski definition) is 6. The Morgan fingerprint density at radius 2 is 1.65 bits per heavy atom. The molecule has 200 valence electrons. The number of aryl methyl sites for hydroxylation is 1. The van der Waals surface area contributed by atoms with Crippen molar-refractivity contribution in [1.82, 2.24) is 9.62 Å². The minimum absolute atomic E-state index is 0.205. The SMILES string of the molecule is CCOC(=O)c1ccccc1NC(=O)C(NC(=O)C1CCN(S(=O)(=O)c2ccc(C)cc2)CC1)C(C)C. The third kappa shape index (κ3) is 6.95. The van der Waals surface area contributed by atoms with E-state index in [4.69, 9.17) is 4.74 Å². The molecule has 1 saturated heterocycles. The number of para-hydroxylation sites is 1. The first-order valence-corrected chi connectivity index (χ1v) is 13.9. The lowest BCUT2D eigenvalue weighted by molar-refractivity contribution is -0.130. The summed E-state index contributed by atoms with van der Waals surface area (Å²) in [4.78, 5) is 38.6. The van der Waals surface area contributed by atoms with E-state index in [0.29, 0.717) is 18.5 Å². The average Bonchev–Trinajstić information content (AvgIpc) is 2.87. The molecule has 0 spiro atoms. The Balaban J connectivity index is 1.63. The van der Waals surface area contributed by atoms with Crippen LogP contribution >= 0.6 is 0 Å². The molecule has 0 saturated carbocycles. The van der Waals surface area contributed by atoms with Crippen molar-refractivity contribution < 1.29 is 27.5 Å². The number of carbonyl (C=O) groups excluding carboxylic acids is 3. The Labute approximate surface area is 218 Å². The summed E-state index contributed by atoms with van der Waals surface area (Å²) in [5.74, 6) is -1.92. The molecule has 1 heterocycles. The van der Waals surface area contributed by atoms with Gasteiger partial charge in [0.15, 0.2) is 0 Å². The van der Waals surface area contributed by atoms with E-state index < -0.39 is 33.9 Å². The largest absolute Gasteiger partial charge is 0.462 e. The van der Waals surface area contributed by atoms with Gasteiger partial charge in [0, 0.05) is 19.0 Å². The van der Waals surface area contributed by atoms with Crippen LogP contribution in [0.15, 0.2) is 53.4 Å². The minimum Gasteiger partial charge on any atom is -0.462 e. The predicted octanol–water partition coefficient (Wildman–Crippen LogP) is 3.35. The van der Waals surface area contributed by atoms with Gasteiger partial charge in [-0.3, -0.25) is 9.59 Å². The van der Waals surface area contributed by atoms with Crippen molar-refractivity contribution in [3.05, 3.63) is 59.7 Å². The molecular formula is C27H35N3O6S. The smallest absolute Gasteiger partial charge is 0.340 e. The zero-order valence-electron chi connectivity index (χ0n) is 21.7. The summed E-state index contributed by atoms with van der Waals surface area (Å²) >= 11 is 0. The first kappa shape index (κ1) is 28.3. The van der Waals surface area contributed by atoms with Gasteiger partial charge in [0.05, 0.1) is 22.8 Å². The topological polar surface area (TPSA) is 122 Å². The molecule has 0 radical (unpaired) electrons. The number of nitrogens with one attached hydrogen (secondary N) is 2. The predicted molar refractivity (Wildman–Crippen MR) is 140 cm³/mol. The first-order chi connectivity index (χ1) is 17.5. The number of hydrogen-bond donors (Lipinski definition) is 2. The van der Waals surface area contributed by atoms with Crippen molar-refractivity contribution in [2.45, 2.75) is 51.5 Å². The highest BCUT2D eigenvalue weighted by molar-refractivity contribution is 7.89. The maximum Gasteiger partial charge on any atom is 0.340 e. The van der Waals surface area contributed by atoms with Gasteiger partial charge in [0.1, 0.15) is 6.04 Å². The van der Waals surface area contributed by atoms with E-state index in [1.54, 1.807) is 55.5 Å². The van der Waals surface area contributed by atoms with Crippen LogP contribution < -0.4 is 10.6 Å². The summed E-state index contributed by atoms with van der Waals surface area (Å²) in [7, 11) is -3.63. The van der Waals surface area contributed by atoms with Crippen LogP contribution in [-0.2, 0) is 24.3 Å². The van der Waals surface area contributed by atoms with Crippen molar-refractivity contribution in [2.24, 2.45) is 11.8 Å². The number of sulfonamides is 1. The van der Waals surface area contributed by atoms with Crippen LogP contribution in [0, 0.1) is 18.8 Å². The Kier molecular flexibility index (Phi) is 9.45. The number of benzene rings is 2. The van der Waals surface area contributed by atoms with Crippen LogP contribution in [0.4, 0.5) is 5.69 Å². The number of ether oxygens (including phenoxy) is 1. The Morgan fingerprint density at radius 3 is 2.24 bits per heavy atom. The fraction of sp³-hybridized carbons (Fsp3) is 0.444. The summed E-state index contributed by atoms with van der Waals surface area (Å²) in [5, 5.41) is 5.58. The van der Waals surface area contributed by atoms with Gasteiger partial charge in [0.2, 0.25) is 21.8 Å². The molecule has 37 heavy (non-hydrogen) atoms. The van der Waals surface area contributed by atoms with Crippen molar-refractivity contribution >= 4 is 33.5 Å². The number of esters is 1. The summed E-state index contributed by atoms with van der Waals surface area (Å²) in [6.45, 7) is 7.88. The number of nitrogens with zero attached hydrogens (tertiary/aromatic N) is 1. The summed E-state index contributed by atoms with van der Waals surface area (Å²) in [5.41, 5.74) is 1.51. The number of piperidine rings is 1. The molecule has 9 nitrogen and oxygen atoms in total. The third-order valence-corrected chi connectivity index (χ3v) is 8.32. The highest BCUT2D eigenvalue weighted by Gasteiger charge is 2.34. The fourth-order valence-electron chi connectivity index (χ4n) is 4.21. The second-order valence-electron chi connectivity index (χ2n) is 9.48. The molecule has 10 heteroatoms. The number of amides is 2. The highest BCUT2D eigenvalue weighted by atomic mass is 32.2. The molecule has 2 amide bonds. The normalized spacial score (nSPS) is 15.7. The van der Waals surface area contributed by atoms with Gasteiger partial charge in [-0.05, 0) is 56.9 Å². The lowest BCUT2D eigenvalue weighted by Crippen LogP contribution is -2.51. The van der Waals surface area contributed by atoms with Gasteiger partial charge >= 0.3 is 5.97 Å². The summed E-state index contributed by atoms with van der Waals surface area (Å²) in [6.07, 6.45) is 0.712. The molecule has 0 aromatic heterocycles. The van der Waals surface area contributed by atoms with E-state index in [2.05, 4.69) is 10.6 Å². The van der Waals surface area contributed by atoms with Crippen LogP contribution in [0.1, 0.15) is 49.5 Å². The lowest BCUT2D eigenvalue weighted by Gasteiger charge is -2.32. The Bertz CT molecular complexity index is 1220. The second-order valence-corrected chi connectivity index (χ2v) is 11.4. The van der Waals surface area contributed by atoms with Gasteiger partial charge in [-0.15, -0.1) is 0 Å². The number of anilines is 1. The van der Waals surface area contributed by atoms with E-state index in [9.17, 15) is 22.8 Å². The molecule has 0 bridgehead atoms.